The predicted octanol–water partition coefficient (Wildman–Crippen LogP) is 4.67. The van der Waals surface area contributed by atoms with E-state index in [1.165, 1.54) is 36.4 Å². The fourth-order valence-corrected chi connectivity index (χ4v) is 4.02. The molecule has 3 aromatic carbocycles. The standard InChI is InChI=1S/C29H21ClFN5O4/c1-17-9-22(35-36(28(17)37)16-39-29(38)26(34)20-5-3-2-4-6-20)13-21-7-8-24(30)27(25(21)31)40-23-11-18(14-32)10-19(12-23)15-33/h2-12,26H,13,16,34H2,1H3. The summed E-state index contributed by atoms with van der Waals surface area (Å²) in [7, 11) is 0. The lowest BCUT2D eigenvalue weighted by molar-refractivity contribution is -0.149. The van der Waals surface area contributed by atoms with Gasteiger partial charge in [0.05, 0.1) is 34.0 Å². The van der Waals surface area contributed by atoms with Gasteiger partial charge in [-0.25, -0.2) is 9.18 Å². The second-order valence-electron chi connectivity index (χ2n) is 8.70. The normalized spacial score (nSPS) is 11.2. The first-order chi connectivity index (χ1) is 19.2. The van der Waals surface area contributed by atoms with Crippen molar-refractivity contribution in [3.8, 4) is 23.6 Å². The maximum absolute atomic E-state index is 15.5. The van der Waals surface area contributed by atoms with E-state index in [4.69, 9.17) is 26.8 Å². The van der Waals surface area contributed by atoms with Crippen LogP contribution in [-0.4, -0.2) is 15.7 Å². The van der Waals surface area contributed by atoms with Crippen molar-refractivity contribution >= 4 is 17.6 Å². The zero-order valence-electron chi connectivity index (χ0n) is 21.1. The van der Waals surface area contributed by atoms with E-state index < -0.39 is 30.1 Å². The monoisotopic (exact) mass is 557 g/mol. The Morgan fingerprint density at radius 2 is 1.77 bits per heavy atom. The topological polar surface area (TPSA) is 144 Å². The highest BCUT2D eigenvalue weighted by atomic mass is 35.5. The molecule has 1 atom stereocenters. The molecule has 0 saturated carbocycles. The van der Waals surface area contributed by atoms with Crippen LogP contribution in [0.4, 0.5) is 4.39 Å². The largest absolute Gasteiger partial charge is 0.453 e. The van der Waals surface area contributed by atoms with Crippen LogP contribution in [0.25, 0.3) is 0 Å². The van der Waals surface area contributed by atoms with Gasteiger partial charge in [0, 0.05) is 12.0 Å². The van der Waals surface area contributed by atoms with Crippen molar-refractivity contribution in [3.05, 3.63) is 121 Å². The maximum Gasteiger partial charge on any atom is 0.329 e. The highest BCUT2D eigenvalue weighted by Gasteiger charge is 2.20. The van der Waals surface area contributed by atoms with Crippen molar-refractivity contribution in [2.75, 3.05) is 0 Å². The highest BCUT2D eigenvalue weighted by molar-refractivity contribution is 6.32. The Morgan fingerprint density at radius 1 is 1.10 bits per heavy atom. The van der Waals surface area contributed by atoms with Gasteiger partial charge in [0.1, 0.15) is 11.8 Å². The van der Waals surface area contributed by atoms with Crippen molar-refractivity contribution in [2.24, 2.45) is 5.73 Å². The first-order valence-corrected chi connectivity index (χ1v) is 12.2. The molecule has 1 unspecified atom stereocenters. The molecule has 0 radical (unpaired) electrons. The molecule has 0 amide bonds. The molecule has 0 aliphatic heterocycles. The van der Waals surface area contributed by atoms with Crippen molar-refractivity contribution in [1.82, 2.24) is 9.78 Å². The number of nitrogens with zero attached hydrogens (tertiary/aromatic N) is 4. The summed E-state index contributed by atoms with van der Waals surface area (Å²) in [4.78, 5) is 25.1. The number of hydrogen-bond acceptors (Lipinski definition) is 8. The average molecular weight is 558 g/mol. The van der Waals surface area contributed by atoms with Crippen LogP contribution < -0.4 is 16.0 Å². The number of aromatic nitrogens is 2. The van der Waals surface area contributed by atoms with Crippen molar-refractivity contribution in [2.45, 2.75) is 26.1 Å². The average Bonchev–Trinajstić information content (AvgIpc) is 2.97. The summed E-state index contributed by atoms with van der Waals surface area (Å²) in [6.07, 6.45) is -0.0559. The van der Waals surface area contributed by atoms with E-state index in [0.29, 0.717) is 16.8 Å². The lowest BCUT2D eigenvalue weighted by Crippen LogP contribution is -2.31. The Morgan fingerprint density at radius 3 is 2.42 bits per heavy atom. The van der Waals surface area contributed by atoms with Gasteiger partial charge in [0.2, 0.25) is 0 Å². The van der Waals surface area contributed by atoms with E-state index in [1.54, 1.807) is 37.3 Å². The van der Waals surface area contributed by atoms with Gasteiger partial charge in [0.15, 0.2) is 18.3 Å². The van der Waals surface area contributed by atoms with Gasteiger partial charge >= 0.3 is 5.97 Å². The number of carbonyl (C=O) groups is 1. The third-order valence-corrected chi connectivity index (χ3v) is 6.13. The maximum atomic E-state index is 15.5. The lowest BCUT2D eigenvalue weighted by Gasteiger charge is -2.14. The first-order valence-electron chi connectivity index (χ1n) is 11.8. The Bertz CT molecular complexity index is 1700. The molecule has 0 saturated heterocycles. The van der Waals surface area contributed by atoms with Crippen LogP contribution in [0.5, 0.6) is 11.5 Å². The molecule has 0 spiro atoms. The van der Waals surface area contributed by atoms with Crippen LogP contribution in [0, 0.1) is 35.4 Å². The number of halogens is 2. The Labute approximate surface area is 233 Å². The molecule has 9 nitrogen and oxygen atoms in total. The minimum Gasteiger partial charge on any atom is -0.453 e. The summed E-state index contributed by atoms with van der Waals surface area (Å²) >= 11 is 6.20. The van der Waals surface area contributed by atoms with Gasteiger partial charge in [-0.05, 0) is 48.4 Å². The number of aryl methyl sites for hydroxylation is 1. The zero-order valence-corrected chi connectivity index (χ0v) is 21.9. The van der Waals surface area contributed by atoms with E-state index in [2.05, 4.69) is 5.10 Å². The van der Waals surface area contributed by atoms with Crippen LogP contribution >= 0.6 is 11.6 Å². The van der Waals surface area contributed by atoms with Crippen LogP contribution in [-0.2, 0) is 22.7 Å². The Balaban J connectivity index is 1.56. The predicted molar refractivity (Wildman–Crippen MR) is 143 cm³/mol. The Hall–Kier alpha value is -5.03. The van der Waals surface area contributed by atoms with Crippen molar-refractivity contribution in [3.63, 3.8) is 0 Å². The minimum absolute atomic E-state index is 0.0297. The summed E-state index contributed by atoms with van der Waals surface area (Å²) in [6, 6.07) is 19.9. The quantitative estimate of drug-likeness (QED) is 0.308. The molecule has 200 valence electrons. The third kappa shape index (κ3) is 6.33. The number of rotatable bonds is 8. The number of hydrogen-bond donors (Lipinski definition) is 1. The molecule has 4 rings (SSSR count). The summed E-state index contributed by atoms with van der Waals surface area (Å²) < 4.78 is 27.4. The van der Waals surface area contributed by atoms with Gasteiger partial charge in [0.25, 0.3) is 5.56 Å². The van der Waals surface area contributed by atoms with Crippen LogP contribution in [0.2, 0.25) is 5.02 Å². The van der Waals surface area contributed by atoms with Crippen LogP contribution in [0.3, 0.4) is 0 Å². The van der Waals surface area contributed by atoms with E-state index in [0.717, 1.165) is 4.68 Å². The molecular weight excluding hydrogens is 537 g/mol. The van der Waals surface area contributed by atoms with Crippen LogP contribution in [0.15, 0.2) is 71.5 Å². The summed E-state index contributed by atoms with van der Waals surface area (Å²) in [5, 5.41) is 22.6. The number of carbonyl (C=O) groups excluding carboxylic acids is 1. The highest BCUT2D eigenvalue weighted by Crippen LogP contribution is 2.35. The lowest BCUT2D eigenvalue weighted by atomic mass is 10.1. The first kappa shape index (κ1) is 28.0. The SMILES string of the molecule is Cc1cc(Cc2ccc(Cl)c(Oc3cc(C#N)cc(C#N)c3)c2F)nn(COC(=O)C(N)c2ccccc2)c1=O. The molecule has 0 aliphatic rings. The fraction of sp³-hybridized carbons (Fsp3) is 0.138. The number of nitriles is 2. The molecule has 4 aromatic rings. The van der Waals surface area contributed by atoms with Crippen LogP contribution in [0.1, 0.15) is 39.6 Å². The summed E-state index contributed by atoms with van der Waals surface area (Å²) in [6.45, 7) is 1.07. The van der Waals surface area contributed by atoms with Crippen molar-refractivity contribution < 1.29 is 18.7 Å². The van der Waals surface area contributed by atoms with E-state index >= 15 is 4.39 Å². The molecule has 0 bridgehead atoms. The fourth-order valence-electron chi connectivity index (χ4n) is 3.83. The molecule has 0 fully saturated rings. The second kappa shape index (κ2) is 12.2. The van der Waals surface area contributed by atoms with Crippen molar-refractivity contribution in [1.29, 1.82) is 10.5 Å². The molecule has 1 aromatic heterocycles. The molecule has 40 heavy (non-hydrogen) atoms. The van der Waals surface area contributed by atoms with Gasteiger partial charge in [-0.3, -0.25) is 4.79 Å². The zero-order chi connectivity index (χ0) is 28.8. The number of nitrogens with two attached hydrogens (primary N) is 1. The third-order valence-electron chi connectivity index (χ3n) is 5.83. The molecule has 11 heteroatoms. The molecule has 2 N–H and O–H groups in total. The summed E-state index contributed by atoms with van der Waals surface area (Å²) in [5.74, 6) is -1.77. The molecule has 1 heterocycles. The molecular formula is C29H21ClFN5O4. The van der Waals surface area contributed by atoms with E-state index in [-0.39, 0.29) is 39.6 Å². The van der Waals surface area contributed by atoms with Gasteiger partial charge in [-0.2, -0.15) is 20.3 Å². The number of esters is 1. The second-order valence-corrected chi connectivity index (χ2v) is 9.11. The smallest absolute Gasteiger partial charge is 0.329 e. The number of ether oxygens (including phenoxy) is 2. The van der Waals surface area contributed by atoms with Gasteiger partial charge < -0.3 is 15.2 Å². The number of benzene rings is 3. The summed E-state index contributed by atoms with van der Waals surface area (Å²) in [5.41, 5.74) is 7.10. The molecule has 0 aliphatic carbocycles. The van der Waals surface area contributed by atoms with E-state index in [9.17, 15) is 20.1 Å². The van der Waals surface area contributed by atoms with Gasteiger partial charge in [-0.1, -0.05) is 48.0 Å². The Kier molecular flexibility index (Phi) is 8.55. The minimum atomic E-state index is -1.04. The van der Waals surface area contributed by atoms with Gasteiger partial charge in [-0.15, -0.1) is 0 Å². The van der Waals surface area contributed by atoms with E-state index in [1.807, 2.05) is 12.1 Å².